The van der Waals surface area contributed by atoms with Crippen molar-refractivity contribution in [3.8, 4) is 0 Å². The second kappa shape index (κ2) is 2.65. The van der Waals surface area contributed by atoms with Crippen molar-refractivity contribution >= 4 is 11.4 Å². The van der Waals surface area contributed by atoms with Gasteiger partial charge >= 0.3 is 0 Å². The van der Waals surface area contributed by atoms with Gasteiger partial charge in [0.05, 0.1) is 18.1 Å². The summed E-state index contributed by atoms with van der Waals surface area (Å²) in [5, 5.41) is 9.77. The smallest absolute Gasteiger partial charge is 0.118 e. The second-order valence-electron chi connectivity index (χ2n) is 3.49. The van der Waals surface area contributed by atoms with Gasteiger partial charge in [-0.25, -0.2) is 0 Å². The molecular formula is C10H12N4. The fourth-order valence-electron chi connectivity index (χ4n) is 1.98. The summed E-state index contributed by atoms with van der Waals surface area (Å²) in [6, 6.07) is 8.16. The van der Waals surface area contributed by atoms with Crippen LogP contribution in [0.2, 0.25) is 0 Å². The lowest BCUT2D eigenvalue weighted by molar-refractivity contribution is 0.747. The zero-order valence-corrected chi connectivity index (χ0v) is 7.67. The molecule has 0 radical (unpaired) electrons. The third-order valence-corrected chi connectivity index (χ3v) is 2.63. The number of nitrogens with one attached hydrogen (secondary N) is 3. The van der Waals surface area contributed by atoms with E-state index in [4.69, 9.17) is 5.73 Å². The van der Waals surface area contributed by atoms with Gasteiger partial charge in [0.2, 0.25) is 0 Å². The van der Waals surface area contributed by atoms with E-state index in [9.17, 15) is 0 Å². The maximum absolute atomic E-state index is 5.96. The fraction of sp³-hybridized carbons (Fsp3) is 0.200. The molecule has 2 aliphatic rings. The van der Waals surface area contributed by atoms with Crippen molar-refractivity contribution in [3.05, 3.63) is 35.5 Å². The van der Waals surface area contributed by atoms with E-state index < -0.39 is 0 Å². The third kappa shape index (κ3) is 0.914. The highest BCUT2D eigenvalue weighted by Gasteiger charge is 2.26. The highest BCUT2D eigenvalue weighted by molar-refractivity contribution is 5.82. The van der Waals surface area contributed by atoms with Gasteiger partial charge in [-0.05, 0) is 6.07 Å². The minimum absolute atomic E-state index is 0.130. The lowest BCUT2D eigenvalue weighted by Gasteiger charge is -2.25. The van der Waals surface area contributed by atoms with E-state index in [1.54, 1.807) is 0 Å². The first kappa shape index (κ1) is 7.70. The van der Waals surface area contributed by atoms with Gasteiger partial charge in [0.1, 0.15) is 6.17 Å². The van der Waals surface area contributed by atoms with Crippen molar-refractivity contribution in [2.45, 2.75) is 6.17 Å². The van der Waals surface area contributed by atoms with Crippen molar-refractivity contribution in [3.63, 3.8) is 0 Å². The summed E-state index contributed by atoms with van der Waals surface area (Å²) in [4.78, 5) is 0. The first-order chi connectivity index (χ1) is 6.86. The summed E-state index contributed by atoms with van der Waals surface area (Å²) in [5.41, 5.74) is 10.4. The largest absolute Gasteiger partial charge is 0.367 e. The van der Waals surface area contributed by atoms with Crippen LogP contribution in [0.25, 0.3) is 5.70 Å². The number of rotatable bonds is 0. The molecule has 72 valence electrons. The number of benzene rings is 1. The summed E-state index contributed by atoms with van der Waals surface area (Å²) in [6.45, 7) is 0.758. The molecule has 14 heavy (non-hydrogen) atoms. The molecule has 0 aromatic heterocycles. The molecule has 4 nitrogen and oxygen atoms in total. The van der Waals surface area contributed by atoms with E-state index in [1.165, 1.54) is 5.56 Å². The van der Waals surface area contributed by atoms with Crippen LogP contribution < -0.4 is 21.7 Å². The van der Waals surface area contributed by atoms with E-state index in [-0.39, 0.29) is 6.17 Å². The molecule has 2 heterocycles. The highest BCUT2D eigenvalue weighted by Crippen LogP contribution is 2.31. The normalized spacial score (nSPS) is 23.1. The van der Waals surface area contributed by atoms with Gasteiger partial charge in [0, 0.05) is 11.3 Å². The van der Waals surface area contributed by atoms with Crippen molar-refractivity contribution in [2.75, 3.05) is 12.0 Å². The van der Waals surface area contributed by atoms with Crippen molar-refractivity contribution in [1.82, 2.24) is 10.6 Å². The van der Waals surface area contributed by atoms with Crippen LogP contribution >= 0.6 is 0 Å². The van der Waals surface area contributed by atoms with Crippen LogP contribution in [0, 0.1) is 0 Å². The molecule has 1 aromatic rings. The Morgan fingerprint density at radius 2 is 2.07 bits per heavy atom. The first-order valence-corrected chi connectivity index (χ1v) is 4.70. The Kier molecular flexibility index (Phi) is 1.46. The Labute approximate surface area is 82.2 Å². The van der Waals surface area contributed by atoms with Crippen molar-refractivity contribution in [1.29, 1.82) is 0 Å². The Morgan fingerprint density at radius 1 is 1.21 bits per heavy atom. The molecule has 3 rings (SSSR count). The number of anilines is 1. The van der Waals surface area contributed by atoms with Gasteiger partial charge in [0.25, 0.3) is 0 Å². The molecule has 4 heteroatoms. The third-order valence-electron chi connectivity index (χ3n) is 2.63. The zero-order valence-electron chi connectivity index (χ0n) is 7.67. The molecule has 1 unspecified atom stereocenters. The lowest BCUT2D eigenvalue weighted by Crippen LogP contribution is -2.38. The standard InChI is InChI=1S/C10H12N4/c11-10-9-8(12-5-13-9)6-3-1-2-4-7(6)14-10/h1-4,10,12-14H,5,11H2. The Morgan fingerprint density at radius 3 is 3.00 bits per heavy atom. The Bertz CT molecular complexity index is 410. The molecule has 0 bridgehead atoms. The molecule has 0 fully saturated rings. The number of nitrogens with two attached hydrogens (primary N) is 1. The maximum Gasteiger partial charge on any atom is 0.118 e. The van der Waals surface area contributed by atoms with Gasteiger partial charge in [0.15, 0.2) is 0 Å². The Hall–Kier alpha value is -1.68. The van der Waals surface area contributed by atoms with E-state index in [0.717, 1.165) is 23.8 Å². The van der Waals surface area contributed by atoms with Crippen LogP contribution in [0.1, 0.15) is 5.56 Å². The van der Waals surface area contributed by atoms with Crippen LogP contribution in [-0.2, 0) is 0 Å². The molecule has 0 spiro atoms. The molecule has 0 amide bonds. The predicted octanol–water partition coefficient (Wildman–Crippen LogP) is 0.216. The van der Waals surface area contributed by atoms with Crippen LogP contribution in [0.4, 0.5) is 5.69 Å². The average molecular weight is 188 g/mol. The predicted molar refractivity (Wildman–Crippen MR) is 56.1 cm³/mol. The number of hydrogen-bond donors (Lipinski definition) is 4. The SMILES string of the molecule is NC1Nc2ccccc2C2=C1NCN2. The zero-order chi connectivity index (χ0) is 9.54. The number of hydrogen-bond acceptors (Lipinski definition) is 4. The molecule has 0 saturated carbocycles. The summed E-state index contributed by atoms with van der Waals surface area (Å²) < 4.78 is 0. The van der Waals surface area contributed by atoms with Gasteiger partial charge in [-0.2, -0.15) is 0 Å². The van der Waals surface area contributed by atoms with Crippen LogP contribution in [0.3, 0.4) is 0 Å². The summed E-state index contributed by atoms with van der Waals surface area (Å²) in [5.74, 6) is 0. The van der Waals surface area contributed by atoms with Crippen LogP contribution in [0.5, 0.6) is 0 Å². The van der Waals surface area contributed by atoms with Crippen LogP contribution in [-0.4, -0.2) is 12.8 Å². The van der Waals surface area contributed by atoms with Gasteiger partial charge < -0.3 is 21.7 Å². The molecule has 1 aromatic carbocycles. The first-order valence-electron chi connectivity index (χ1n) is 4.70. The van der Waals surface area contributed by atoms with Gasteiger partial charge in [-0.15, -0.1) is 0 Å². The lowest BCUT2D eigenvalue weighted by atomic mass is 10.0. The van der Waals surface area contributed by atoms with Crippen molar-refractivity contribution in [2.24, 2.45) is 5.73 Å². The van der Waals surface area contributed by atoms with Gasteiger partial charge in [-0.1, -0.05) is 18.2 Å². The topological polar surface area (TPSA) is 62.1 Å². The highest BCUT2D eigenvalue weighted by atomic mass is 15.2. The van der Waals surface area contributed by atoms with E-state index in [0.29, 0.717) is 0 Å². The monoisotopic (exact) mass is 188 g/mol. The summed E-state index contributed by atoms with van der Waals surface area (Å²) in [7, 11) is 0. The van der Waals surface area contributed by atoms with E-state index >= 15 is 0 Å². The summed E-state index contributed by atoms with van der Waals surface area (Å²) >= 11 is 0. The molecule has 5 N–H and O–H groups in total. The quantitative estimate of drug-likeness (QED) is 0.470. The molecule has 2 aliphatic heterocycles. The summed E-state index contributed by atoms with van der Waals surface area (Å²) in [6.07, 6.45) is -0.130. The minimum atomic E-state index is -0.130. The van der Waals surface area contributed by atoms with Gasteiger partial charge in [-0.3, -0.25) is 0 Å². The number of fused-ring (bicyclic) bond motifs is 2. The van der Waals surface area contributed by atoms with E-state index in [1.807, 2.05) is 18.2 Å². The number of para-hydroxylation sites is 1. The van der Waals surface area contributed by atoms with Crippen LogP contribution in [0.15, 0.2) is 30.0 Å². The van der Waals surface area contributed by atoms with E-state index in [2.05, 4.69) is 22.0 Å². The maximum atomic E-state index is 5.96. The minimum Gasteiger partial charge on any atom is -0.367 e. The second-order valence-corrected chi connectivity index (χ2v) is 3.49. The molecule has 0 saturated heterocycles. The molecular weight excluding hydrogens is 176 g/mol. The molecule has 0 aliphatic carbocycles. The fourth-order valence-corrected chi connectivity index (χ4v) is 1.98. The molecule has 1 atom stereocenters. The average Bonchev–Trinajstić information content (AvgIpc) is 2.67. The van der Waals surface area contributed by atoms with Crippen molar-refractivity contribution < 1.29 is 0 Å². The Balaban J connectivity index is 2.19.